The second kappa shape index (κ2) is 8.94. The predicted octanol–water partition coefficient (Wildman–Crippen LogP) is 2.64. The second-order valence-electron chi connectivity index (χ2n) is 7.18. The maximum atomic E-state index is 11.7. The Kier molecular flexibility index (Phi) is 7.60. The zero-order valence-corrected chi connectivity index (χ0v) is 14.5. The summed E-state index contributed by atoms with van der Waals surface area (Å²) in [5.41, 5.74) is 1.21. The standard InChI is InChI=1S/C19H31NO2/c1-5-6-7-11-14-17(15-16-12-9-8-10-13-16)18(19(21)22)20(2,3)4/h8-10,12-13,17-18H,5-7,11,14-15H2,1-4H3. The molecule has 0 aromatic heterocycles. The van der Waals surface area contributed by atoms with Crippen molar-refractivity contribution in [2.24, 2.45) is 5.92 Å². The van der Waals surface area contributed by atoms with E-state index >= 15 is 0 Å². The molecule has 0 aliphatic carbocycles. The van der Waals surface area contributed by atoms with Crippen molar-refractivity contribution in [3.8, 4) is 0 Å². The number of hydrogen-bond acceptors (Lipinski definition) is 2. The zero-order valence-electron chi connectivity index (χ0n) is 14.5. The molecule has 0 aliphatic rings. The van der Waals surface area contributed by atoms with Crippen LogP contribution in [0.1, 0.15) is 44.6 Å². The Morgan fingerprint density at radius 1 is 1.09 bits per heavy atom. The van der Waals surface area contributed by atoms with Crippen LogP contribution in [0.4, 0.5) is 0 Å². The smallest absolute Gasteiger partial charge is 0.132 e. The van der Waals surface area contributed by atoms with Gasteiger partial charge in [-0.3, -0.25) is 0 Å². The van der Waals surface area contributed by atoms with Crippen molar-refractivity contribution in [1.82, 2.24) is 0 Å². The summed E-state index contributed by atoms with van der Waals surface area (Å²) in [6.07, 6.45) is 6.44. The van der Waals surface area contributed by atoms with E-state index in [0.29, 0.717) is 4.48 Å². The summed E-state index contributed by atoms with van der Waals surface area (Å²) in [6, 6.07) is 9.73. The average Bonchev–Trinajstić information content (AvgIpc) is 2.42. The van der Waals surface area contributed by atoms with Gasteiger partial charge in [-0.25, -0.2) is 0 Å². The Morgan fingerprint density at radius 3 is 2.23 bits per heavy atom. The van der Waals surface area contributed by atoms with Gasteiger partial charge in [0.2, 0.25) is 0 Å². The van der Waals surface area contributed by atoms with E-state index in [1.807, 2.05) is 39.3 Å². The number of carboxylic acids is 1. The van der Waals surface area contributed by atoms with Crippen LogP contribution in [0.5, 0.6) is 0 Å². The number of likely N-dealkylation sites (N-methyl/N-ethyl adjacent to an activating group) is 1. The summed E-state index contributed by atoms with van der Waals surface area (Å²) in [7, 11) is 5.85. The van der Waals surface area contributed by atoms with E-state index in [4.69, 9.17) is 0 Å². The minimum atomic E-state index is -0.927. The molecule has 0 saturated carbocycles. The van der Waals surface area contributed by atoms with Gasteiger partial charge in [-0.2, -0.15) is 0 Å². The van der Waals surface area contributed by atoms with E-state index in [2.05, 4.69) is 19.1 Å². The molecule has 1 rings (SSSR count). The van der Waals surface area contributed by atoms with Crippen molar-refractivity contribution in [2.75, 3.05) is 21.1 Å². The molecule has 0 heterocycles. The van der Waals surface area contributed by atoms with Gasteiger partial charge in [-0.05, 0) is 18.4 Å². The number of quaternary nitrogens is 1. The molecule has 0 radical (unpaired) electrons. The highest BCUT2D eigenvalue weighted by molar-refractivity contribution is 5.70. The van der Waals surface area contributed by atoms with Crippen LogP contribution in [-0.4, -0.2) is 37.6 Å². The summed E-state index contributed by atoms with van der Waals surface area (Å²) in [4.78, 5) is 11.7. The van der Waals surface area contributed by atoms with Gasteiger partial charge in [-0.1, -0.05) is 62.9 Å². The first-order chi connectivity index (χ1) is 10.4. The summed E-state index contributed by atoms with van der Waals surface area (Å²) in [5.74, 6) is -0.812. The molecule has 0 aliphatic heterocycles. The van der Waals surface area contributed by atoms with E-state index < -0.39 is 12.0 Å². The van der Waals surface area contributed by atoms with Crippen molar-refractivity contribution in [1.29, 1.82) is 0 Å². The van der Waals surface area contributed by atoms with Crippen LogP contribution in [0, 0.1) is 5.92 Å². The minimum Gasteiger partial charge on any atom is -0.544 e. The highest BCUT2D eigenvalue weighted by Crippen LogP contribution is 2.25. The van der Waals surface area contributed by atoms with E-state index in [9.17, 15) is 9.90 Å². The summed E-state index contributed by atoms with van der Waals surface area (Å²) < 4.78 is 0.410. The molecule has 124 valence electrons. The molecule has 2 unspecified atom stereocenters. The first-order valence-electron chi connectivity index (χ1n) is 8.42. The summed E-state index contributed by atoms with van der Waals surface area (Å²) >= 11 is 0. The number of nitrogens with zero attached hydrogens (tertiary/aromatic N) is 1. The number of benzene rings is 1. The molecule has 0 spiro atoms. The van der Waals surface area contributed by atoms with E-state index in [0.717, 1.165) is 19.3 Å². The molecule has 1 aromatic carbocycles. The van der Waals surface area contributed by atoms with Crippen molar-refractivity contribution >= 4 is 5.97 Å². The fourth-order valence-electron chi connectivity index (χ4n) is 3.26. The highest BCUT2D eigenvalue weighted by atomic mass is 16.4. The SMILES string of the molecule is CCCCCCC(Cc1ccccc1)C(C(=O)[O-])[N+](C)(C)C. The lowest BCUT2D eigenvalue weighted by Gasteiger charge is -2.40. The Labute approximate surface area is 135 Å². The van der Waals surface area contributed by atoms with Crippen molar-refractivity contribution in [3.63, 3.8) is 0 Å². The van der Waals surface area contributed by atoms with E-state index in [-0.39, 0.29) is 5.92 Å². The van der Waals surface area contributed by atoms with Gasteiger partial charge in [-0.15, -0.1) is 0 Å². The third-order valence-corrected chi connectivity index (χ3v) is 4.29. The Hall–Kier alpha value is -1.35. The third kappa shape index (κ3) is 6.18. The second-order valence-corrected chi connectivity index (χ2v) is 7.18. The molecule has 0 fully saturated rings. The Balaban J connectivity index is 2.86. The molecule has 1 aromatic rings. The number of rotatable bonds is 10. The topological polar surface area (TPSA) is 40.1 Å². The molecule has 2 atom stereocenters. The number of carbonyl (C=O) groups is 1. The summed E-state index contributed by atoms with van der Waals surface area (Å²) in [5, 5.41) is 11.7. The van der Waals surface area contributed by atoms with Crippen LogP contribution in [0.25, 0.3) is 0 Å². The Morgan fingerprint density at radius 2 is 1.73 bits per heavy atom. The fourth-order valence-corrected chi connectivity index (χ4v) is 3.26. The first kappa shape index (κ1) is 18.7. The van der Waals surface area contributed by atoms with Gasteiger partial charge in [0.1, 0.15) is 6.04 Å². The lowest BCUT2D eigenvalue weighted by molar-refractivity contribution is -0.893. The van der Waals surface area contributed by atoms with Gasteiger partial charge in [0.05, 0.1) is 27.1 Å². The predicted molar refractivity (Wildman–Crippen MR) is 89.2 cm³/mol. The lowest BCUT2D eigenvalue weighted by atomic mass is 9.86. The van der Waals surface area contributed by atoms with Crippen LogP contribution in [0.15, 0.2) is 30.3 Å². The van der Waals surface area contributed by atoms with Gasteiger partial charge >= 0.3 is 0 Å². The number of aliphatic carboxylic acids is 1. The number of carboxylic acid groups (broad SMARTS) is 1. The van der Waals surface area contributed by atoms with E-state index in [1.165, 1.54) is 24.8 Å². The summed E-state index contributed by atoms with van der Waals surface area (Å²) in [6.45, 7) is 2.19. The highest BCUT2D eigenvalue weighted by Gasteiger charge is 2.33. The van der Waals surface area contributed by atoms with Gasteiger partial charge in [0, 0.05) is 5.92 Å². The quantitative estimate of drug-likeness (QED) is 0.492. The minimum absolute atomic E-state index is 0.115. The largest absolute Gasteiger partial charge is 0.544 e. The van der Waals surface area contributed by atoms with Gasteiger partial charge < -0.3 is 14.4 Å². The molecule has 0 saturated heterocycles. The molecular formula is C19H31NO2. The normalized spacial score (nSPS) is 14.5. The van der Waals surface area contributed by atoms with Crippen molar-refractivity contribution in [3.05, 3.63) is 35.9 Å². The molecule has 0 bridgehead atoms. The van der Waals surface area contributed by atoms with Crippen LogP contribution in [0.2, 0.25) is 0 Å². The van der Waals surface area contributed by atoms with Crippen molar-refractivity contribution in [2.45, 2.75) is 51.5 Å². The van der Waals surface area contributed by atoms with Crippen LogP contribution < -0.4 is 5.11 Å². The maximum Gasteiger partial charge on any atom is 0.132 e. The van der Waals surface area contributed by atoms with Crippen LogP contribution in [-0.2, 0) is 11.2 Å². The Bertz CT molecular complexity index is 436. The van der Waals surface area contributed by atoms with Gasteiger partial charge in [0.25, 0.3) is 0 Å². The monoisotopic (exact) mass is 305 g/mol. The third-order valence-electron chi connectivity index (χ3n) is 4.29. The molecule has 3 nitrogen and oxygen atoms in total. The van der Waals surface area contributed by atoms with Gasteiger partial charge in [0.15, 0.2) is 0 Å². The molecular weight excluding hydrogens is 274 g/mol. The van der Waals surface area contributed by atoms with Crippen molar-refractivity contribution < 1.29 is 14.4 Å². The molecule has 0 amide bonds. The number of unbranched alkanes of at least 4 members (excludes halogenated alkanes) is 3. The van der Waals surface area contributed by atoms with E-state index in [1.54, 1.807) is 0 Å². The first-order valence-corrected chi connectivity index (χ1v) is 8.42. The fraction of sp³-hybridized carbons (Fsp3) is 0.632. The van der Waals surface area contributed by atoms with Crippen LogP contribution in [0.3, 0.4) is 0 Å². The lowest BCUT2D eigenvalue weighted by Crippen LogP contribution is -2.58. The zero-order chi connectivity index (χ0) is 16.6. The molecule has 0 N–H and O–H groups in total. The number of carbonyl (C=O) groups excluding carboxylic acids is 1. The molecule has 3 heteroatoms. The number of hydrogen-bond donors (Lipinski definition) is 0. The average molecular weight is 305 g/mol. The van der Waals surface area contributed by atoms with Crippen LogP contribution >= 0.6 is 0 Å². The maximum absolute atomic E-state index is 11.7. The molecule has 22 heavy (non-hydrogen) atoms.